The van der Waals surface area contributed by atoms with Crippen LogP contribution in [-0.2, 0) is 7.05 Å². The van der Waals surface area contributed by atoms with Crippen molar-refractivity contribution in [2.75, 3.05) is 5.32 Å². The third-order valence-electron chi connectivity index (χ3n) is 1.97. The molecule has 0 unspecified atom stereocenters. The first-order chi connectivity index (χ1) is 7.08. The molecule has 0 aliphatic heterocycles. The van der Waals surface area contributed by atoms with Crippen LogP contribution in [0.5, 0.6) is 0 Å². The Bertz CT molecular complexity index is 490. The number of hydrogen-bond acceptors (Lipinski definition) is 4. The van der Waals surface area contributed by atoms with Gasteiger partial charge in [0.2, 0.25) is 5.28 Å². The highest BCUT2D eigenvalue weighted by atomic mass is 35.5. The molecule has 0 saturated heterocycles. The van der Waals surface area contributed by atoms with Crippen molar-refractivity contribution >= 4 is 28.6 Å². The number of aromatic nitrogens is 4. The number of imidazole rings is 1. The number of nitrogens with one attached hydrogen (secondary N) is 1. The van der Waals surface area contributed by atoms with Crippen molar-refractivity contribution in [2.45, 2.75) is 19.9 Å². The maximum atomic E-state index is 5.81. The Labute approximate surface area is 92.5 Å². The van der Waals surface area contributed by atoms with E-state index in [4.69, 9.17) is 11.6 Å². The molecule has 6 heteroatoms. The van der Waals surface area contributed by atoms with Crippen LogP contribution in [0.25, 0.3) is 11.2 Å². The van der Waals surface area contributed by atoms with Gasteiger partial charge in [-0.1, -0.05) is 0 Å². The van der Waals surface area contributed by atoms with Crippen molar-refractivity contribution in [1.29, 1.82) is 0 Å². The molecule has 0 atom stereocenters. The normalized spacial score (nSPS) is 11.3. The van der Waals surface area contributed by atoms with Crippen LogP contribution in [0.4, 0.5) is 5.82 Å². The lowest BCUT2D eigenvalue weighted by Gasteiger charge is -2.10. The zero-order valence-electron chi connectivity index (χ0n) is 8.82. The third-order valence-corrected chi connectivity index (χ3v) is 2.14. The van der Waals surface area contributed by atoms with Crippen molar-refractivity contribution in [3.05, 3.63) is 11.6 Å². The van der Waals surface area contributed by atoms with Crippen LogP contribution in [0.2, 0.25) is 5.28 Å². The maximum absolute atomic E-state index is 5.81. The van der Waals surface area contributed by atoms with Gasteiger partial charge in [0.1, 0.15) is 5.52 Å². The molecule has 0 spiro atoms. The summed E-state index contributed by atoms with van der Waals surface area (Å²) in [6, 6.07) is 0.286. The fourth-order valence-electron chi connectivity index (χ4n) is 1.40. The van der Waals surface area contributed by atoms with Crippen molar-refractivity contribution < 1.29 is 0 Å². The molecular weight excluding hydrogens is 214 g/mol. The second-order valence-corrected chi connectivity index (χ2v) is 4.01. The zero-order chi connectivity index (χ0) is 11.0. The minimum absolute atomic E-state index is 0.212. The van der Waals surface area contributed by atoms with Gasteiger partial charge in [0.15, 0.2) is 11.5 Å². The monoisotopic (exact) mass is 225 g/mol. The van der Waals surface area contributed by atoms with E-state index < -0.39 is 0 Å². The van der Waals surface area contributed by atoms with Crippen LogP contribution in [0, 0.1) is 0 Å². The zero-order valence-corrected chi connectivity index (χ0v) is 9.58. The van der Waals surface area contributed by atoms with Gasteiger partial charge >= 0.3 is 0 Å². The molecule has 0 aliphatic carbocycles. The molecule has 2 heterocycles. The minimum atomic E-state index is 0.212. The summed E-state index contributed by atoms with van der Waals surface area (Å²) in [6.07, 6.45) is 1.70. The van der Waals surface area contributed by atoms with Crippen LogP contribution < -0.4 is 5.32 Å². The van der Waals surface area contributed by atoms with Crippen LogP contribution in [0.15, 0.2) is 6.33 Å². The number of aryl methyl sites for hydroxylation is 1. The molecular formula is C9H12ClN5. The number of hydrogen-bond donors (Lipinski definition) is 1. The lowest BCUT2D eigenvalue weighted by molar-refractivity contribution is 0.881. The van der Waals surface area contributed by atoms with Crippen LogP contribution in [0.3, 0.4) is 0 Å². The molecule has 0 radical (unpaired) electrons. The van der Waals surface area contributed by atoms with Crippen molar-refractivity contribution in [2.24, 2.45) is 7.05 Å². The van der Waals surface area contributed by atoms with Gasteiger partial charge in [0.25, 0.3) is 0 Å². The van der Waals surface area contributed by atoms with E-state index in [1.54, 1.807) is 6.33 Å². The average Bonchev–Trinajstić information content (AvgIpc) is 2.46. The molecule has 0 fully saturated rings. The van der Waals surface area contributed by atoms with E-state index in [9.17, 15) is 0 Å². The first-order valence-electron chi connectivity index (χ1n) is 4.69. The van der Waals surface area contributed by atoms with Crippen molar-refractivity contribution in [3.8, 4) is 0 Å². The summed E-state index contributed by atoms with van der Waals surface area (Å²) < 4.78 is 1.87. The van der Waals surface area contributed by atoms with Crippen LogP contribution >= 0.6 is 11.6 Å². The van der Waals surface area contributed by atoms with Gasteiger partial charge in [-0.2, -0.15) is 9.97 Å². The van der Waals surface area contributed by atoms with Gasteiger partial charge in [0.05, 0.1) is 6.33 Å². The molecule has 0 aliphatic rings. The lowest BCUT2D eigenvalue weighted by Crippen LogP contribution is -2.12. The summed E-state index contributed by atoms with van der Waals surface area (Å²) in [5.41, 5.74) is 1.48. The highest BCUT2D eigenvalue weighted by molar-refractivity contribution is 6.28. The fourth-order valence-corrected chi connectivity index (χ4v) is 1.57. The first-order valence-corrected chi connectivity index (χ1v) is 5.07. The summed E-state index contributed by atoms with van der Waals surface area (Å²) in [5, 5.41) is 3.43. The summed E-state index contributed by atoms with van der Waals surface area (Å²) in [7, 11) is 1.90. The number of halogens is 1. The molecule has 5 nitrogen and oxygen atoms in total. The lowest BCUT2D eigenvalue weighted by atomic mass is 10.4. The second-order valence-electron chi connectivity index (χ2n) is 3.67. The predicted octanol–water partition coefficient (Wildman–Crippen LogP) is 1.84. The Morgan fingerprint density at radius 2 is 2.13 bits per heavy atom. The van der Waals surface area contributed by atoms with E-state index in [0.29, 0.717) is 5.65 Å². The molecule has 15 heavy (non-hydrogen) atoms. The highest BCUT2D eigenvalue weighted by Gasteiger charge is 2.11. The molecule has 0 bridgehead atoms. The van der Waals surface area contributed by atoms with E-state index in [2.05, 4.69) is 20.3 Å². The van der Waals surface area contributed by atoms with E-state index in [1.807, 2.05) is 25.5 Å². The SMILES string of the molecule is CC(C)Nc1nc(Cl)nc2ncn(C)c12. The molecule has 2 rings (SSSR count). The fraction of sp³-hybridized carbons (Fsp3) is 0.444. The van der Waals surface area contributed by atoms with Gasteiger partial charge in [-0.25, -0.2) is 4.98 Å². The topological polar surface area (TPSA) is 55.6 Å². The van der Waals surface area contributed by atoms with Gasteiger partial charge in [-0.05, 0) is 25.4 Å². The number of nitrogens with zero attached hydrogens (tertiary/aromatic N) is 4. The Balaban J connectivity index is 2.63. The second kappa shape index (κ2) is 3.66. The number of rotatable bonds is 2. The third kappa shape index (κ3) is 1.87. The standard InChI is InChI=1S/C9H12ClN5/c1-5(2)12-8-6-7(11-4-15(6)3)13-9(10)14-8/h4-5H,1-3H3,(H,12,13,14). The maximum Gasteiger partial charge on any atom is 0.226 e. The predicted molar refractivity (Wildman–Crippen MR) is 60.1 cm³/mol. The Hall–Kier alpha value is -1.36. The molecule has 0 amide bonds. The Kier molecular flexibility index (Phi) is 2.48. The smallest absolute Gasteiger partial charge is 0.226 e. The van der Waals surface area contributed by atoms with Crippen molar-refractivity contribution in [3.63, 3.8) is 0 Å². The first kappa shape index (κ1) is 10.2. The molecule has 0 aromatic carbocycles. The Morgan fingerprint density at radius 1 is 1.40 bits per heavy atom. The molecule has 1 N–H and O–H groups in total. The van der Waals surface area contributed by atoms with Crippen LogP contribution in [-0.4, -0.2) is 25.6 Å². The molecule has 0 saturated carbocycles. The van der Waals surface area contributed by atoms with Gasteiger partial charge in [0, 0.05) is 13.1 Å². The van der Waals surface area contributed by atoms with Gasteiger partial charge in [-0.15, -0.1) is 0 Å². The molecule has 2 aromatic rings. The summed E-state index contributed by atoms with van der Waals surface area (Å²) in [6.45, 7) is 4.08. The summed E-state index contributed by atoms with van der Waals surface area (Å²) in [5.74, 6) is 0.722. The van der Waals surface area contributed by atoms with Crippen molar-refractivity contribution in [1.82, 2.24) is 19.5 Å². The largest absolute Gasteiger partial charge is 0.366 e. The minimum Gasteiger partial charge on any atom is -0.366 e. The van der Waals surface area contributed by atoms with E-state index in [-0.39, 0.29) is 11.3 Å². The average molecular weight is 226 g/mol. The highest BCUT2D eigenvalue weighted by Crippen LogP contribution is 2.20. The quantitative estimate of drug-likeness (QED) is 0.793. The number of anilines is 1. The van der Waals surface area contributed by atoms with E-state index >= 15 is 0 Å². The van der Waals surface area contributed by atoms with Gasteiger partial charge in [-0.3, -0.25) is 0 Å². The molecule has 2 aromatic heterocycles. The number of fused-ring (bicyclic) bond motifs is 1. The summed E-state index contributed by atoms with van der Waals surface area (Å²) in [4.78, 5) is 12.3. The van der Waals surface area contributed by atoms with Crippen LogP contribution in [0.1, 0.15) is 13.8 Å². The molecule has 80 valence electrons. The Morgan fingerprint density at radius 3 is 2.80 bits per heavy atom. The summed E-state index contributed by atoms with van der Waals surface area (Å²) >= 11 is 5.81. The van der Waals surface area contributed by atoms with E-state index in [1.165, 1.54) is 0 Å². The van der Waals surface area contributed by atoms with Gasteiger partial charge < -0.3 is 9.88 Å². The van der Waals surface area contributed by atoms with E-state index in [0.717, 1.165) is 11.3 Å².